The number of carbonyl (C=O) groups is 2. The third-order valence-corrected chi connectivity index (χ3v) is 4.66. The predicted octanol–water partition coefficient (Wildman–Crippen LogP) is 1.38. The largest absolute Gasteiger partial charge is 0.460 e. The van der Waals surface area contributed by atoms with E-state index in [0.717, 1.165) is 24.8 Å². The highest BCUT2D eigenvalue weighted by Gasteiger charge is 2.51. The number of rotatable bonds is 7. The molecule has 6 nitrogen and oxygen atoms in total. The lowest BCUT2D eigenvalue weighted by Gasteiger charge is -2.46. The second kappa shape index (κ2) is 8.26. The third kappa shape index (κ3) is 3.94. The molecule has 1 aromatic rings. The van der Waals surface area contributed by atoms with Gasteiger partial charge in [-0.2, -0.15) is 0 Å². The summed E-state index contributed by atoms with van der Waals surface area (Å²) in [5.41, 5.74) is 11.4. The Labute approximate surface area is 143 Å². The number of esters is 1. The number of carbonyl (C=O) groups excluding carboxylic acids is 2. The van der Waals surface area contributed by atoms with Crippen LogP contribution >= 0.6 is 0 Å². The van der Waals surface area contributed by atoms with E-state index in [1.54, 1.807) is 0 Å². The van der Waals surface area contributed by atoms with Crippen molar-refractivity contribution in [3.8, 4) is 0 Å². The number of hydrogen-bond acceptors (Lipinski definition) is 5. The van der Waals surface area contributed by atoms with E-state index in [0.29, 0.717) is 19.5 Å². The molecule has 4 N–H and O–H groups in total. The molecule has 0 aromatic heterocycles. The van der Waals surface area contributed by atoms with Gasteiger partial charge in [0.25, 0.3) is 5.91 Å². The van der Waals surface area contributed by atoms with Gasteiger partial charge >= 0.3 is 5.97 Å². The van der Waals surface area contributed by atoms with Crippen LogP contribution in [-0.4, -0.2) is 35.5 Å². The number of likely N-dealkylation sites (tertiary alicyclic amines) is 1. The van der Waals surface area contributed by atoms with Crippen molar-refractivity contribution in [3.63, 3.8) is 0 Å². The number of nitrogens with zero attached hydrogens (tertiary/aromatic N) is 1. The second-order valence-electron chi connectivity index (χ2n) is 6.32. The molecular formula is C18H27N3O3. The Kier molecular flexibility index (Phi) is 6.34. The van der Waals surface area contributed by atoms with Crippen molar-refractivity contribution in [2.24, 2.45) is 17.4 Å². The fourth-order valence-electron chi connectivity index (χ4n) is 3.21. The van der Waals surface area contributed by atoms with Gasteiger partial charge in [0.05, 0.1) is 5.92 Å². The molecule has 2 atom stereocenters. The highest BCUT2D eigenvalue weighted by molar-refractivity contribution is 5.90. The molecule has 1 amide bonds. The number of primary amides is 1. The first kappa shape index (κ1) is 18.4. The van der Waals surface area contributed by atoms with E-state index in [-0.39, 0.29) is 6.61 Å². The molecule has 1 aromatic carbocycles. The molecule has 1 aliphatic heterocycles. The van der Waals surface area contributed by atoms with Gasteiger partial charge in [-0.15, -0.1) is 0 Å². The van der Waals surface area contributed by atoms with Crippen LogP contribution in [0.1, 0.15) is 38.2 Å². The molecular weight excluding hydrogens is 306 g/mol. The van der Waals surface area contributed by atoms with Gasteiger partial charge in [-0.05, 0) is 24.8 Å². The molecule has 24 heavy (non-hydrogen) atoms. The molecule has 132 valence electrons. The highest BCUT2D eigenvalue weighted by atomic mass is 16.5. The lowest BCUT2D eigenvalue weighted by atomic mass is 9.82. The molecule has 1 aliphatic rings. The van der Waals surface area contributed by atoms with Gasteiger partial charge in [-0.1, -0.05) is 43.7 Å². The Morgan fingerprint density at radius 3 is 2.67 bits per heavy atom. The van der Waals surface area contributed by atoms with Gasteiger partial charge in [0, 0.05) is 13.1 Å². The molecule has 0 spiro atoms. The number of amides is 1. The molecule has 2 rings (SSSR count). The normalized spacial score (nSPS) is 24.5. The molecule has 1 heterocycles. The number of unbranched alkanes of at least 4 members (excludes halogenated alkanes) is 1. The van der Waals surface area contributed by atoms with Crippen molar-refractivity contribution in [1.29, 1.82) is 0 Å². The molecule has 0 radical (unpaired) electrons. The van der Waals surface area contributed by atoms with Crippen molar-refractivity contribution in [3.05, 3.63) is 35.9 Å². The van der Waals surface area contributed by atoms with Crippen LogP contribution in [0, 0.1) is 5.92 Å². The summed E-state index contributed by atoms with van der Waals surface area (Å²) in [4.78, 5) is 26.5. The quantitative estimate of drug-likeness (QED) is 0.735. The van der Waals surface area contributed by atoms with E-state index in [9.17, 15) is 9.59 Å². The smallest absolute Gasteiger partial charge is 0.313 e. The second-order valence-corrected chi connectivity index (χ2v) is 6.32. The number of piperidine rings is 1. The zero-order valence-electron chi connectivity index (χ0n) is 14.2. The van der Waals surface area contributed by atoms with E-state index >= 15 is 0 Å². The van der Waals surface area contributed by atoms with Gasteiger partial charge in [0.2, 0.25) is 0 Å². The van der Waals surface area contributed by atoms with E-state index in [2.05, 4.69) is 6.92 Å². The summed E-state index contributed by atoms with van der Waals surface area (Å²) in [6, 6.07) is 9.42. The Balaban J connectivity index is 2.10. The van der Waals surface area contributed by atoms with Crippen LogP contribution in [0.2, 0.25) is 0 Å². The molecule has 0 saturated carbocycles. The molecule has 2 unspecified atom stereocenters. The summed E-state index contributed by atoms with van der Waals surface area (Å²) in [6.07, 6.45) is 3.18. The maximum absolute atomic E-state index is 12.6. The summed E-state index contributed by atoms with van der Waals surface area (Å²) < 4.78 is 5.41. The average molecular weight is 333 g/mol. The fourth-order valence-corrected chi connectivity index (χ4v) is 3.21. The number of nitrogens with two attached hydrogens (primary N) is 2. The maximum Gasteiger partial charge on any atom is 0.313 e. The zero-order chi connectivity index (χ0) is 17.6. The minimum absolute atomic E-state index is 0.167. The first-order chi connectivity index (χ1) is 11.5. The monoisotopic (exact) mass is 333 g/mol. The summed E-state index contributed by atoms with van der Waals surface area (Å²) in [5.74, 6) is -1.86. The molecule has 0 bridgehead atoms. The fraction of sp³-hybridized carbons (Fsp3) is 0.556. The van der Waals surface area contributed by atoms with Crippen LogP contribution in [0.5, 0.6) is 0 Å². The van der Waals surface area contributed by atoms with Gasteiger partial charge < -0.3 is 16.2 Å². The predicted molar refractivity (Wildman–Crippen MR) is 91.6 cm³/mol. The van der Waals surface area contributed by atoms with E-state index in [4.69, 9.17) is 16.2 Å². The molecule has 0 aliphatic carbocycles. The minimum atomic E-state index is -1.47. The summed E-state index contributed by atoms with van der Waals surface area (Å²) in [7, 11) is 0. The van der Waals surface area contributed by atoms with Crippen LogP contribution in [0.15, 0.2) is 30.3 Å². The van der Waals surface area contributed by atoms with Crippen molar-refractivity contribution in [1.82, 2.24) is 4.90 Å². The van der Waals surface area contributed by atoms with Crippen LogP contribution in [0.4, 0.5) is 0 Å². The molecule has 6 heteroatoms. The first-order valence-corrected chi connectivity index (χ1v) is 8.54. The first-order valence-electron chi connectivity index (χ1n) is 8.54. The maximum atomic E-state index is 12.6. The Bertz CT molecular complexity index is 564. The highest BCUT2D eigenvalue weighted by Crippen LogP contribution is 2.31. The topological polar surface area (TPSA) is 98.7 Å². The third-order valence-electron chi connectivity index (χ3n) is 4.66. The van der Waals surface area contributed by atoms with Crippen LogP contribution in [0.25, 0.3) is 0 Å². The Morgan fingerprint density at radius 1 is 1.33 bits per heavy atom. The van der Waals surface area contributed by atoms with Crippen molar-refractivity contribution >= 4 is 11.9 Å². The standard InChI is InChI=1S/C18H27N3O3/c1-2-3-11-21-12-7-10-15(18(21,20)17(19)23)16(22)24-13-14-8-5-4-6-9-14/h4-6,8-9,15H,2-3,7,10-13,20H2,1H3,(H2,19,23). The van der Waals surface area contributed by atoms with Gasteiger partial charge in [-0.25, -0.2) is 0 Å². The van der Waals surface area contributed by atoms with E-state index < -0.39 is 23.5 Å². The average Bonchev–Trinajstić information content (AvgIpc) is 2.59. The van der Waals surface area contributed by atoms with E-state index in [1.165, 1.54) is 0 Å². The summed E-state index contributed by atoms with van der Waals surface area (Å²) in [6.45, 7) is 3.55. The number of ether oxygens (including phenoxy) is 1. The van der Waals surface area contributed by atoms with Crippen LogP contribution < -0.4 is 11.5 Å². The minimum Gasteiger partial charge on any atom is -0.460 e. The van der Waals surface area contributed by atoms with Crippen molar-refractivity contribution < 1.29 is 14.3 Å². The zero-order valence-corrected chi connectivity index (χ0v) is 14.2. The van der Waals surface area contributed by atoms with Crippen LogP contribution in [-0.2, 0) is 20.9 Å². The summed E-state index contributed by atoms with van der Waals surface area (Å²) in [5, 5.41) is 0. The number of hydrogen-bond donors (Lipinski definition) is 2. The van der Waals surface area contributed by atoms with Crippen molar-refractivity contribution in [2.75, 3.05) is 13.1 Å². The molecule has 1 saturated heterocycles. The molecule has 1 fully saturated rings. The van der Waals surface area contributed by atoms with Crippen molar-refractivity contribution in [2.45, 2.75) is 44.9 Å². The Hall–Kier alpha value is -1.92. The van der Waals surface area contributed by atoms with E-state index in [1.807, 2.05) is 35.2 Å². The lowest BCUT2D eigenvalue weighted by molar-refractivity contribution is -0.164. The lowest BCUT2D eigenvalue weighted by Crippen LogP contribution is -2.71. The number of benzene rings is 1. The van der Waals surface area contributed by atoms with Gasteiger partial charge in [0.1, 0.15) is 6.61 Å². The van der Waals surface area contributed by atoms with Gasteiger partial charge in [0.15, 0.2) is 5.66 Å². The van der Waals surface area contributed by atoms with Gasteiger partial charge in [-0.3, -0.25) is 14.5 Å². The SMILES string of the molecule is CCCCN1CCCC(C(=O)OCc2ccccc2)C1(N)C(N)=O. The summed E-state index contributed by atoms with van der Waals surface area (Å²) >= 11 is 0. The van der Waals surface area contributed by atoms with Crippen LogP contribution in [0.3, 0.4) is 0 Å². The Morgan fingerprint density at radius 2 is 2.04 bits per heavy atom.